The number of likely N-dealkylation sites (tertiary alicyclic amines) is 1. The molecular formula is C14H26N4O3. The lowest BCUT2D eigenvalue weighted by Crippen LogP contribution is -2.52. The molecule has 0 spiro atoms. The molecule has 1 heterocycles. The Morgan fingerprint density at radius 2 is 2.00 bits per heavy atom. The lowest BCUT2D eigenvalue weighted by atomic mass is 9.83. The van der Waals surface area contributed by atoms with Crippen LogP contribution in [0.4, 0.5) is 0 Å². The van der Waals surface area contributed by atoms with Crippen molar-refractivity contribution in [3.8, 4) is 0 Å². The lowest BCUT2D eigenvalue weighted by molar-refractivity contribution is -0.139. The number of carbonyl (C=O) groups excluding carboxylic acids is 2. The van der Waals surface area contributed by atoms with E-state index >= 15 is 0 Å². The fourth-order valence-electron chi connectivity index (χ4n) is 2.53. The largest absolute Gasteiger partial charge is 0.409 e. The molecule has 1 unspecified atom stereocenters. The second kappa shape index (κ2) is 7.28. The molecule has 1 atom stereocenters. The van der Waals surface area contributed by atoms with Gasteiger partial charge in [-0.1, -0.05) is 12.1 Å². The first kappa shape index (κ1) is 17.3. The van der Waals surface area contributed by atoms with Gasteiger partial charge in [-0.3, -0.25) is 9.59 Å². The number of carbonyl (C=O) groups is 2. The summed E-state index contributed by atoms with van der Waals surface area (Å²) in [5.41, 5.74) is 4.72. The van der Waals surface area contributed by atoms with Gasteiger partial charge >= 0.3 is 0 Å². The standard InChI is InChI=1S/C14H26N4O3/c1-4-14(3,12(15)17-21)13(20)18-7-5-11(6-8-18)9-16-10(2)19/h11,21H,4-9H2,1-3H3,(H2,15,17)(H,16,19). The van der Waals surface area contributed by atoms with E-state index in [4.69, 9.17) is 10.9 Å². The van der Waals surface area contributed by atoms with E-state index in [1.54, 1.807) is 11.8 Å². The van der Waals surface area contributed by atoms with Gasteiger partial charge in [0.2, 0.25) is 11.8 Å². The fourth-order valence-corrected chi connectivity index (χ4v) is 2.53. The molecule has 1 aliphatic heterocycles. The van der Waals surface area contributed by atoms with Gasteiger partial charge in [-0.25, -0.2) is 0 Å². The Hall–Kier alpha value is -1.79. The quantitative estimate of drug-likeness (QED) is 0.298. The van der Waals surface area contributed by atoms with Crippen LogP contribution in [0.5, 0.6) is 0 Å². The summed E-state index contributed by atoms with van der Waals surface area (Å²) in [6.07, 6.45) is 2.18. The average molecular weight is 298 g/mol. The third-order valence-corrected chi connectivity index (χ3v) is 4.39. The molecule has 0 aromatic carbocycles. The zero-order valence-electron chi connectivity index (χ0n) is 13.1. The highest BCUT2D eigenvalue weighted by Gasteiger charge is 2.40. The van der Waals surface area contributed by atoms with Gasteiger partial charge in [0.15, 0.2) is 5.84 Å². The number of hydrogen-bond acceptors (Lipinski definition) is 4. The van der Waals surface area contributed by atoms with Crippen molar-refractivity contribution in [1.82, 2.24) is 10.2 Å². The number of amides is 2. The molecule has 0 bridgehead atoms. The van der Waals surface area contributed by atoms with Gasteiger partial charge in [-0.15, -0.1) is 0 Å². The van der Waals surface area contributed by atoms with E-state index < -0.39 is 5.41 Å². The normalized spacial score (nSPS) is 20.0. The predicted octanol–water partition coefficient (Wildman–Crippen LogP) is 0.524. The molecule has 4 N–H and O–H groups in total. The minimum Gasteiger partial charge on any atom is -0.409 e. The van der Waals surface area contributed by atoms with Gasteiger partial charge in [-0.05, 0) is 32.1 Å². The van der Waals surface area contributed by atoms with Crippen LogP contribution in [-0.4, -0.2) is 47.4 Å². The zero-order valence-corrected chi connectivity index (χ0v) is 13.1. The van der Waals surface area contributed by atoms with E-state index in [-0.39, 0.29) is 17.6 Å². The Balaban J connectivity index is 2.61. The van der Waals surface area contributed by atoms with Gasteiger partial charge in [0.25, 0.3) is 0 Å². The summed E-state index contributed by atoms with van der Waals surface area (Å²) in [6, 6.07) is 0. The van der Waals surface area contributed by atoms with E-state index in [2.05, 4.69) is 10.5 Å². The topological polar surface area (TPSA) is 108 Å². The molecule has 0 aliphatic carbocycles. The fraction of sp³-hybridized carbons (Fsp3) is 0.786. The number of hydrogen-bond donors (Lipinski definition) is 3. The van der Waals surface area contributed by atoms with Crippen LogP contribution in [0.1, 0.15) is 40.0 Å². The van der Waals surface area contributed by atoms with Crippen LogP contribution >= 0.6 is 0 Å². The first-order chi connectivity index (χ1) is 9.85. The SMILES string of the molecule is CCC(C)(C(=O)N1CCC(CNC(C)=O)CC1)C(N)=NO. The summed E-state index contributed by atoms with van der Waals surface area (Å²) in [4.78, 5) is 25.3. The van der Waals surface area contributed by atoms with Crippen LogP contribution in [0.15, 0.2) is 5.16 Å². The molecule has 7 nitrogen and oxygen atoms in total. The zero-order chi connectivity index (χ0) is 16.0. The van der Waals surface area contributed by atoms with Crippen molar-refractivity contribution < 1.29 is 14.8 Å². The van der Waals surface area contributed by atoms with Crippen LogP contribution in [0.2, 0.25) is 0 Å². The van der Waals surface area contributed by atoms with E-state index in [0.717, 1.165) is 12.8 Å². The Morgan fingerprint density at radius 1 is 1.43 bits per heavy atom. The van der Waals surface area contributed by atoms with Crippen LogP contribution < -0.4 is 11.1 Å². The predicted molar refractivity (Wildman–Crippen MR) is 79.8 cm³/mol. The second-order valence-electron chi connectivity index (χ2n) is 5.84. The number of rotatable bonds is 5. The summed E-state index contributed by atoms with van der Waals surface area (Å²) in [7, 11) is 0. The van der Waals surface area contributed by atoms with Gasteiger partial charge < -0.3 is 21.2 Å². The van der Waals surface area contributed by atoms with Crippen LogP contribution in [0.25, 0.3) is 0 Å². The Morgan fingerprint density at radius 3 is 2.43 bits per heavy atom. The maximum atomic E-state index is 12.6. The minimum atomic E-state index is -0.959. The molecule has 2 amide bonds. The van der Waals surface area contributed by atoms with Crippen molar-refractivity contribution in [2.24, 2.45) is 22.2 Å². The number of nitrogens with one attached hydrogen (secondary N) is 1. The Kier molecular flexibility index (Phi) is 5.99. The van der Waals surface area contributed by atoms with Gasteiger partial charge in [0.1, 0.15) is 5.41 Å². The molecule has 120 valence electrons. The summed E-state index contributed by atoms with van der Waals surface area (Å²) < 4.78 is 0. The first-order valence-electron chi connectivity index (χ1n) is 7.37. The van der Waals surface area contributed by atoms with E-state index in [1.807, 2.05) is 6.92 Å². The highest BCUT2D eigenvalue weighted by molar-refractivity contribution is 6.06. The average Bonchev–Trinajstić information content (AvgIpc) is 2.50. The molecule has 0 saturated carbocycles. The Bertz CT molecular complexity index is 416. The van der Waals surface area contributed by atoms with E-state index in [1.165, 1.54) is 6.92 Å². The molecule has 1 rings (SSSR count). The first-order valence-corrected chi connectivity index (χ1v) is 7.37. The van der Waals surface area contributed by atoms with Gasteiger partial charge in [0, 0.05) is 26.6 Å². The molecule has 0 radical (unpaired) electrons. The highest BCUT2D eigenvalue weighted by atomic mass is 16.4. The van der Waals surface area contributed by atoms with Crippen molar-refractivity contribution in [2.45, 2.75) is 40.0 Å². The van der Waals surface area contributed by atoms with E-state index in [9.17, 15) is 9.59 Å². The number of oxime groups is 1. The van der Waals surface area contributed by atoms with Crippen molar-refractivity contribution in [2.75, 3.05) is 19.6 Å². The molecule has 0 aromatic heterocycles. The maximum Gasteiger partial charge on any atom is 0.236 e. The molecule has 1 aliphatic rings. The molecule has 1 saturated heterocycles. The van der Waals surface area contributed by atoms with Gasteiger partial charge in [0.05, 0.1) is 0 Å². The molecule has 7 heteroatoms. The van der Waals surface area contributed by atoms with E-state index in [0.29, 0.717) is 32.0 Å². The summed E-state index contributed by atoms with van der Waals surface area (Å²) in [5, 5.41) is 14.7. The number of nitrogens with zero attached hydrogens (tertiary/aromatic N) is 2. The number of piperidine rings is 1. The van der Waals surface area contributed by atoms with Gasteiger partial charge in [-0.2, -0.15) is 0 Å². The van der Waals surface area contributed by atoms with Crippen molar-refractivity contribution in [3.63, 3.8) is 0 Å². The van der Waals surface area contributed by atoms with Crippen LogP contribution in [0, 0.1) is 11.3 Å². The summed E-state index contributed by atoms with van der Waals surface area (Å²) in [6.45, 7) is 6.98. The Labute approximate surface area is 125 Å². The number of nitrogens with two attached hydrogens (primary N) is 1. The second-order valence-corrected chi connectivity index (χ2v) is 5.84. The third-order valence-electron chi connectivity index (χ3n) is 4.39. The summed E-state index contributed by atoms with van der Waals surface area (Å²) >= 11 is 0. The highest BCUT2D eigenvalue weighted by Crippen LogP contribution is 2.27. The van der Waals surface area contributed by atoms with Crippen LogP contribution in [0.3, 0.4) is 0 Å². The minimum absolute atomic E-state index is 0.0287. The number of amidine groups is 1. The maximum absolute atomic E-state index is 12.6. The monoisotopic (exact) mass is 298 g/mol. The smallest absolute Gasteiger partial charge is 0.236 e. The molecular weight excluding hydrogens is 272 g/mol. The third kappa shape index (κ3) is 4.09. The lowest BCUT2D eigenvalue weighted by Gasteiger charge is -2.37. The summed E-state index contributed by atoms with van der Waals surface area (Å²) in [5.74, 6) is 0.224. The molecule has 0 aromatic rings. The molecule has 21 heavy (non-hydrogen) atoms. The van der Waals surface area contributed by atoms with Crippen molar-refractivity contribution in [3.05, 3.63) is 0 Å². The van der Waals surface area contributed by atoms with Crippen molar-refractivity contribution >= 4 is 17.6 Å². The molecule has 1 fully saturated rings. The van der Waals surface area contributed by atoms with Crippen molar-refractivity contribution in [1.29, 1.82) is 0 Å². The van der Waals surface area contributed by atoms with Crippen LogP contribution in [-0.2, 0) is 9.59 Å².